The Morgan fingerprint density at radius 3 is 2.71 bits per heavy atom. The van der Waals surface area contributed by atoms with Crippen LogP contribution in [0.1, 0.15) is 16.8 Å². The van der Waals surface area contributed by atoms with Crippen LogP contribution in [0.5, 0.6) is 5.75 Å². The zero-order chi connectivity index (χ0) is 12.4. The maximum absolute atomic E-state index is 5.43. The first-order valence-electron chi connectivity index (χ1n) is 6.03. The van der Waals surface area contributed by atoms with E-state index in [-0.39, 0.29) is 0 Å². The highest BCUT2D eigenvalue weighted by atomic mass is 16.5. The number of nitrogens with one attached hydrogen (secondary N) is 1. The molecule has 0 radical (unpaired) electrons. The summed E-state index contributed by atoms with van der Waals surface area (Å²) in [4.78, 5) is 6.87. The fourth-order valence-corrected chi connectivity index (χ4v) is 2.18. The van der Waals surface area contributed by atoms with Gasteiger partial charge in [0.1, 0.15) is 5.75 Å². The van der Waals surface area contributed by atoms with Gasteiger partial charge in [0.2, 0.25) is 0 Å². The molecule has 1 saturated heterocycles. The fraction of sp³-hybridized carbons (Fsp3) is 0.615. The highest BCUT2D eigenvalue weighted by Gasteiger charge is 2.22. The van der Waals surface area contributed by atoms with Gasteiger partial charge in [0, 0.05) is 43.0 Å². The summed E-state index contributed by atoms with van der Waals surface area (Å²) >= 11 is 0. The lowest BCUT2D eigenvalue weighted by Gasteiger charge is -2.35. The maximum atomic E-state index is 5.43. The van der Waals surface area contributed by atoms with Gasteiger partial charge in [-0.1, -0.05) is 0 Å². The Balaban J connectivity index is 2.15. The van der Waals surface area contributed by atoms with Gasteiger partial charge in [-0.05, 0) is 20.9 Å². The molecule has 1 N–H and O–H groups in total. The molecule has 2 heterocycles. The molecular weight excluding hydrogens is 214 g/mol. The predicted molar refractivity (Wildman–Crippen MR) is 68.4 cm³/mol. The molecule has 0 unspecified atom stereocenters. The summed E-state index contributed by atoms with van der Waals surface area (Å²) in [5.74, 6) is 0.968. The Morgan fingerprint density at radius 1 is 1.47 bits per heavy atom. The molecule has 94 valence electrons. The Kier molecular flexibility index (Phi) is 3.64. The Hall–Kier alpha value is -1.13. The van der Waals surface area contributed by atoms with E-state index in [9.17, 15) is 0 Å². The maximum Gasteiger partial charge on any atom is 0.128 e. The number of rotatable bonds is 4. The molecule has 0 atom stereocenters. The molecule has 0 saturated carbocycles. The van der Waals surface area contributed by atoms with Gasteiger partial charge < -0.3 is 10.1 Å². The Bertz CT molecular complexity index is 402. The fourth-order valence-electron chi connectivity index (χ4n) is 2.18. The lowest BCUT2D eigenvalue weighted by molar-refractivity contribution is 0.171. The molecule has 0 aliphatic carbocycles. The van der Waals surface area contributed by atoms with Crippen molar-refractivity contribution in [3.8, 4) is 5.75 Å². The molecule has 2 rings (SSSR count). The molecule has 0 bridgehead atoms. The summed E-state index contributed by atoms with van der Waals surface area (Å²) in [6, 6.07) is 0.642. The first kappa shape index (κ1) is 12.3. The predicted octanol–water partition coefficient (Wildman–Crippen LogP) is 1.11. The van der Waals surface area contributed by atoms with Crippen molar-refractivity contribution in [2.24, 2.45) is 0 Å². The summed E-state index contributed by atoms with van der Waals surface area (Å²) in [7, 11) is 3.87. The lowest BCUT2D eigenvalue weighted by Crippen LogP contribution is -2.55. The second kappa shape index (κ2) is 5.02. The van der Waals surface area contributed by atoms with E-state index in [1.807, 2.05) is 13.1 Å². The number of aromatic nitrogens is 1. The van der Waals surface area contributed by atoms with Crippen LogP contribution >= 0.6 is 0 Å². The van der Waals surface area contributed by atoms with Gasteiger partial charge >= 0.3 is 0 Å². The normalized spacial score (nSPS) is 16.1. The number of pyridine rings is 1. The molecule has 0 amide bonds. The summed E-state index contributed by atoms with van der Waals surface area (Å²) < 4.78 is 5.43. The lowest BCUT2D eigenvalue weighted by atomic mass is 10.1. The zero-order valence-corrected chi connectivity index (χ0v) is 11.1. The number of ether oxygens (including phenoxy) is 1. The van der Waals surface area contributed by atoms with E-state index in [0.29, 0.717) is 6.04 Å². The molecule has 0 aromatic carbocycles. The first-order valence-corrected chi connectivity index (χ1v) is 6.03. The molecule has 17 heavy (non-hydrogen) atoms. The minimum Gasteiger partial charge on any atom is -0.496 e. The van der Waals surface area contributed by atoms with Crippen molar-refractivity contribution >= 4 is 0 Å². The summed E-state index contributed by atoms with van der Waals surface area (Å²) in [5, 5.41) is 3.29. The molecule has 1 fully saturated rings. The van der Waals surface area contributed by atoms with Crippen molar-refractivity contribution in [3.05, 3.63) is 23.0 Å². The third kappa shape index (κ3) is 2.42. The van der Waals surface area contributed by atoms with Gasteiger partial charge in [0.25, 0.3) is 0 Å². The van der Waals surface area contributed by atoms with Gasteiger partial charge in [-0.3, -0.25) is 9.88 Å². The van der Waals surface area contributed by atoms with Crippen LogP contribution in [0.25, 0.3) is 0 Å². The van der Waals surface area contributed by atoms with Crippen LogP contribution in [-0.4, -0.2) is 43.2 Å². The van der Waals surface area contributed by atoms with Crippen molar-refractivity contribution in [1.29, 1.82) is 0 Å². The minimum atomic E-state index is 0.642. The smallest absolute Gasteiger partial charge is 0.128 e. The Labute approximate surface area is 103 Å². The van der Waals surface area contributed by atoms with E-state index in [2.05, 4.69) is 29.2 Å². The molecule has 4 heteroatoms. The molecule has 1 aromatic rings. The van der Waals surface area contributed by atoms with Gasteiger partial charge in [0.05, 0.1) is 12.8 Å². The van der Waals surface area contributed by atoms with Crippen molar-refractivity contribution in [3.63, 3.8) is 0 Å². The number of likely N-dealkylation sites (N-methyl/N-ethyl adjacent to an activating group) is 1. The number of hydrogen-bond donors (Lipinski definition) is 1. The van der Waals surface area contributed by atoms with Crippen LogP contribution in [0.2, 0.25) is 0 Å². The third-order valence-electron chi connectivity index (χ3n) is 3.53. The molecule has 1 aliphatic heterocycles. The topological polar surface area (TPSA) is 37.4 Å². The largest absolute Gasteiger partial charge is 0.496 e. The Morgan fingerprint density at radius 2 is 2.18 bits per heavy atom. The molecule has 1 aliphatic rings. The van der Waals surface area contributed by atoms with E-state index < -0.39 is 0 Å². The summed E-state index contributed by atoms with van der Waals surface area (Å²) in [6.07, 6.45) is 1.90. The number of methoxy groups -OCH3 is 1. The van der Waals surface area contributed by atoms with Crippen LogP contribution in [-0.2, 0) is 6.54 Å². The second-order valence-corrected chi connectivity index (χ2v) is 4.77. The van der Waals surface area contributed by atoms with Crippen molar-refractivity contribution < 1.29 is 4.74 Å². The van der Waals surface area contributed by atoms with E-state index in [1.165, 1.54) is 0 Å². The molecule has 4 nitrogen and oxygen atoms in total. The van der Waals surface area contributed by atoms with Crippen LogP contribution in [0.4, 0.5) is 0 Å². The van der Waals surface area contributed by atoms with Crippen LogP contribution in [0, 0.1) is 13.8 Å². The number of hydrogen-bond acceptors (Lipinski definition) is 4. The van der Waals surface area contributed by atoms with Crippen molar-refractivity contribution in [1.82, 2.24) is 15.2 Å². The van der Waals surface area contributed by atoms with Crippen LogP contribution in [0.15, 0.2) is 6.20 Å². The quantitative estimate of drug-likeness (QED) is 0.848. The van der Waals surface area contributed by atoms with Gasteiger partial charge in [-0.2, -0.15) is 0 Å². The highest BCUT2D eigenvalue weighted by Crippen LogP contribution is 2.24. The zero-order valence-electron chi connectivity index (χ0n) is 11.1. The van der Waals surface area contributed by atoms with E-state index in [4.69, 9.17) is 4.74 Å². The van der Waals surface area contributed by atoms with Gasteiger partial charge in [-0.15, -0.1) is 0 Å². The first-order chi connectivity index (χ1) is 8.13. The van der Waals surface area contributed by atoms with E-state index in [1.54, 1.807) is 7.11 Å². The number of aryl methyl sites for hydroxylation is 1. The summed E-state index contributed by atoms with van der Waals surface area (Å²) in [5.41, 5.74) is 3.37. The third-order valence-corrected chi connectivity index (χ3v) is 3.53. The highest BCUT2D eigenvalue weighted by molar-refractivity contribution is 5.41. The minimum absolute atomic E-state index is 0.642. The second-order valence-electron chi connectivity index (χ2n) is 4.77. The number of nitrogens with zero attached hydrogens (tertiary/aromatic N) is 2. The van der Waals surface area contributed by atoms with Gasteiger partial charge in [-0.25, -0.2) is 0 Å². The van der Waals surface area contributed by atoms with Gasteiger partial charge in [0.15, 0.2) is 0 Å². The average Bonchev–Trinajstić information content (AvgIpc) is 2.20. The van der Waals surface area contributed by atoms with Crippen molar-refractivity contribution in [2.45, 2.75) is 26.4 Å². The monoisotopic (exact) mass is 235 g/mol. The van der Waals surface area contributed by atoms with E-state index >= 15 is 0 Å². The van der Waals surface area contributed by atoms with Crippen LogP contribution < -0.4 is 10.1 Å². The standard InChI is InChI=1S/C13H21N3O/c1-9-5-15-12(10(2)13(9)17-4)8-16(3)11-6-14-7-11/h5,11,14H,6-8H2,1-4H3. The molecular formula is C13H21N3O. The van der Waals surface area contributed by atoms with Crippen LogP contribution in [0.3, 0.4) is 0 Å². The summed E-state index contributed by atoms with van der Waals surface area (Å²) in [6.45, 7) is 7.16. The molecule has 0 spiro atoms. The SMILES string of the molecule is COc1c(C)cnc(CN(C)C2CNC2)c1C. The van der Waals surface area contributed by atoms with Crippen molar-refractivity contribution in [2.75, 3.05) is 27.2 Å². The van der Waals surface area contributed by atoms with E-state index in [0.717, 1.165) is 42.2 Å². The molecule has 1 aromatic heterocycles. The average molecular weight is 235 g/mol.